The number of ether oxygens (including phenoxy) is 2. The van der Waals surface area contributed by atoms with Gasteiger partial charge in [-0.15, -0.1) is 0 Å². The second-order valence-electron chi connectivity index (χ2n) is 5.10. The van der Waals surface area contributed by atoms with Gasteiger partial charge in [0.15, 0.2) is 11.5 Å². The van der Waals surface area contributed by atoms with E-state index in [-0.39, 0.29) is 6.04 Å². The number of rotatable bonds is 5. The summed E-state index contributed by atoms with van der Waals surface area (Å²) in [5.41, 5.74) is 2.16. The van der Waals surface area contributed by atoms with E-state index in [1.807, 2.05) is 24.0 Å². The summed E-state index contributed by atoms with van der Waals surface area (Å²) in [5, 5.41) is 9.23. The lowest BCUT2D eigenvalue weighted by Crippen LogP contribution is -2.35. The lowest BCUT2D eigenvalue weighted by molar-refractivity contribution is -0.142. The number of likely N-dealkylation sites (tertiary alicyclic amines) is 1. The molecule has 1 aromatic rings. The Bertz CT molecular complexity index is 501. The number of carboxylic acid groups (broad SMARTS) is 1. The van der Waals surface area contributed by atoms with Crippen LogP contribution in [0.1, 0.15) is 24.0 Å². The van der Waals surface area contributed by atoms with Gasteiger partial charge in [0.05, 0.1) is 14.2 Å². The molecule has 1 saturated heterocycles. The lowest BCUT2D eigenvalue weighted by Gasteiger charge is -2.22. The summed E-state index contributed by atoms with van der Waals surface area (Å²) in [4.78, 5) is 13.2. The van der Waals surface area contributed by atoms with Crippen LogP contribution in [0.15, 0.2) is 12.1 Å². The fourth-order valence-corrected chi connectivity index (χ4v) is 2.71. The molecule has 0 radical (unpaired) electrons. The van der Waals surface area contributed by atoms with Gasteiger partial charge in [0.2, 0.25) is 0 Å². The zero-order valence-corrected chi connectivity index (χ0v) is 12.2. The number of nitrogens with zero attached hydrogens (tertiary/aromatic N) is 1. The number of hydrogen-bond acceptors (Lipinski definition) is 4. The Morgan fingerprint density at radius 3 is 2.60 bits per heavy atom. The molecule has 2 rings (SSSR count). The van der Waals surface area contributed by atoms with Crippen molar-refractivity contribution in [1.29, 1.82) is 0 Å². The molecule has 0 bridgehead atoms. The van der Waals surface area contributed by atoms with Crippen molar-refractivity contribution < 1.29 is 19.4 Å². The maximum atomic E-state index is 11.2. The fraction of sp³-hybridized carbons (Fsp3) is 0.533. The van der Waals surface area contributed by atoms with Gasteiger partial charge < -0.3 is 14.6 Å². The highest BCUT2D eigenvalue weighted by Gasteiger charge is 2.30. The summed E-state index contributed by atoms with van der Waals surface area (Å²) >= 11 is 0. The normalized spacial score (nSPS) is 19.1. The number of hydrogen-bond donors (Lipinski definition) is 1. The van der Waals surface area contributed by atoms with E-state index in [1.165, 1.54) is 0 Å². The van der Waals surface area contributed by atoms with Crippen molar-refractivity contribution in [3.8, 4) is 11.5 Å². The van der Waals surface area contributed by atoms with E-state index < -0.39 is 5.97 Å². The van der Waals surface area contributed by atoms with Gasteiger partial charge in [-0.3, -0.25) is 9.69 Å². The van der Waals surface area contributed by atoms with E-state index in [0.717, 1.165) is 30.5 Å². The summed E-state index contributed by atoms with van der Waals surface area (Å²) in [7, 11) is 3.21. The molecule has 1 aromatic carbocycles. The Morgan fingerprint density at radius 1 is 1.35 bits per heavy atom. The summed E-state index contributed by atoms with van der Waals surface area (Å²) in [6.07, 6.45) is 1.66. The number of aryl methyl sites for hydroxylation is 1. The largest absolute Gasteiger partial charge is 0.493 e. The fourth-order valence-electron chi connectivity index (χ4n) is 2.71. The molecule has 1 fully saturated rings. The van der Waals surface area contributed by atoms with Crippen molar-refractivity contribution in [3.63, 3.8) is 0 Å². The molecule has 5 heteroatoms. The third-order valence-corrected chi connectivity index (χ3v) is 3.86. The minimum absolute atomic E-state index is 0.373. The Labute approximate surface area is 119 Å². The molecule has 0 aromatic heterocycles. The molecule has 0 spiro atoms. The van der Waals surface area contributed by atoms with Gasteiger partial charge in [0.1, 0.15) is 6.04 Å². The van der Waals surface area contributed by atoms with Gasteiger partial charge in [0, 0.05) is 6.54 Å². The van der Waals surface area contributed by atoms with Gasteiger partial charge in [-0.05, 0) is 49.6 Å². The van der Waals surface area contributed by atoms with E-state index in [0.29, 0.717) is 18.0 Å². The molecular weight excluding hydrogens is 258 g/mol. The zero-order chi connectivity index (χ0) is 14.7. The topological polar surface area (TPSA) is 59.0 Å². The first kappa shape index (κ1) is 14.7. The highest BCUT2D eigenvalue weighted by molar-refractivity contribution is 5.73. The van der Waals surface area contributed by atoms with Gasteiger partial charge in [-0.1, -0.05) is 0 Å². The van der Waals surface area contributed by atoms with Crippen LogP contribution >= 0.6 is 0 Å². The van der Waals surface area contributed by atoms with Crippen LogP contribution in [-0.2, 0) is 11.3 Å². The quantitative estimate of drug-likeness (QED) is 0.894. The average molecular weight is 279 g/mol. The van der Waals surface area contributed by atoms with E-state index in [1.54, 1.807) is 14.2 Å². The monoisotopic (exact) mass is 279 g/mol. The number of aliphatic carboxylic acids is 1. The second kappa shape index (κ2) is 6.13. The molecule has 1 atom stereocenters. The first-order valence-electron chi connectivity index (χ1n) is 6.75. The number of carbonyl (C=O) groups is 1. The molecule has 1 aliphatic rings. The molecule has 1 unspecified atom stereocenters. The summed E-state index contributed by atoms with van der Waals surface area (Å²) < 4.78 is 10.6. The molecule has 20 heavy (non-hydrogen) atoms. The van der Waals surface area contributed by atoms with Gasteiger partial charge in [0.25, 0.3) is 0 Å². The Kier molecular flexibility index (Phi) is 4.49. The van der Waals surface area contributed by atoms with E-state index in [9.17, 15) is 9.90 Å². The van der Waals surface area contributed by atoms with Crippen LogP contribution in [-0.4, -0.2) is 42.8 Å². The standard InChI is InChI=1S/C15H21NO4/c1-10-7-13(19-2)14(20-3)8-11(10)9-16-6-4-5-12(16)15(17)18/h7-8,12H,4-6,9H2,1-3H3,(H,17,18). The minimum atomic E-state index is -0.736. The maximum Gasteiger partial charge on any atom is 0.320 e. The average Bonchev–Trinajstić information content (AvgIpc) is 2.88. The minimum Gasteiger partial charge on any atom is -0.493 e. The Morgan fingerprint density at radius 2 is 2.00 bits per heavy atom. The van der Waals surface area contributed by atoms with Crippen LogP contribution in [0, 0.1) is 6.92 Å². The number of benzene rings is 1. The van der Waals surface area contributed by atoms with Crippen LogP contribution in [0.3, 0.4) is 0 Å². The van der Waals surface area contributed by atoms with Crippen LogP contribution in [0.4, 0.5) is 0 Å². The first-order valence-corrected chi connectivity index (χ1v) is 6.75. The van der Waals surface area contributed by atoms with E-state index >= 15 is 0 Å². The molecule has 1 N–H and O–H groups in total. The highest BCUT2D eigenvalue weighted by atomic mass is 16.5. The Balaban J connectivity index is 2.23. The molecule has 0 amide bonds. The van der Waals surface area contributed by atoms with Gasteiger partial charge in [-0.2, -0.15) is 0 Å². The molecule has 1 heterocycles. The van der Waals surface area contributed by atoms with Crippen molar-refractivity contribution in [2.45, 2.75) is 32.4 Å². The van der Waals surface area contributed by atoms with Crippen molar-refractivity contribution in [2.75, 3.05) is 20.8 Å². The summed E-state index contributed by atoms with van der Waals surface area (Å²) in [5.74, 6) is 0.643. The molecule has 0 aliphatic carbocycles. The van der Waals surface area contributed by atoms with Crippen molar-refractivity contribution in [2.24, 2.45) is 0 Å². The predicted molar refractivity (Wildman–Crippen MR) is 75.4 cm³/mol. The Hall–Kier alpha value is -1.75. The zero-order valence-electron chi connectivity index (χ0n) is 12.2. The van der Waals surface area contributed by atoms with Crippen LogP contribution in [0.2, 0.25) is 0 Å². The second-order valence-corrected chi connectivity index (χ2v) is 5.10. The van der Waals surface area contributed by atoms with Crippen molar-refractivity contribution >= 4 is 5.97 Å². The van der Waals surface area contributed by atoms with Gasteiger partial charge in [-0.25, -0.2) is 0 Å². The van der Waals surface area contributed by atoms with Crippen LogP contribution in [0.5, 0.6) is 11.5 Å². The molecule has 110 valence electrons. The number of carboxylic acids is 1. The first-order chi connectivity index (χ1) is 9.56. The van der Waals surface area contributed by atoms with Crippen molar-refractivity contribution in [1.82, 2.24) is 4.90 Å². The molecule has 0 saturated carbocycles. The third kappa shape index (κ3) is 2.88. The molecule has 1 aliphatic heterocycles. The lowest BCUT2D eigenvalue weighted by atomic mass is 10.1. The summed E-state index contributed by atoms with van der Waals surface area (Å²) in [6, 6.07) is 3.49. The van der Waals surface area contributed by atoms with Gasteiger partial charge >= 0.3 is 5.97 Å². The van der Waals surface area contributed by atoms with E-state index in [2.05, 4.69) is 0 Å². The summed E-state index contributed by atoms with van der Waals surface area (Å²) in [6.45, 7) is 3.46. The highest BCUT2D eigenvalue weighted by Crippen LogP contribution is 2.32. The third-order valence-electron chi connectivity index (χ3n) is 3.86. The van der Waals surface area contributed by atoms with Crippen molar-refractivity contribution in [3.05, 3.63) is 23.3 Å². The predicted octanol–water partition coefficient (Wildman–Crippen LogP) is 2.06. The SMILES string of the molecule is COc1cc(C)c(CN2CCCC2C(=O)O)cc1OC. The molecule has 5 nitrogen and oxygen atoms in total. The smallest absolute Gasteiger partial charge is 0.320 e. The molecular formula is C15H21NO4. The number of methoxy groups -OCH3 is 2. The van der Waals surface area contributed by atoms with E-state index in [4.69, 9.17) is 9.47 Å². The maximum absolute atomic E-state index is 11.2. The van der Waals surface area contributed by atoms with Crippen LogP contribution in [0.25, 0.3) is 0 Å². The van der Waals surface area contributed by atoms with Crippen LogP contribution < -0.4 is 9.47 Å².